The Morgan fingerprint density at radius 1 is 0.939 bits per heavy atom. The molecule has 0 aromatic rings. The predicted octanol–water partition coefficient (Wildman–Crippen LogP) is 3.17. The molecule has 9 atom stereocenters. The molecule has 0 bridgehead atoms. The summed E-state index contributed by atoms with van der Waals surface area (Å²) in [5.74, 6) is 5.34. The molecule has 4 aliphatic carbocycles. The lowest BCUT2D eigenvalue weighted by Crippen LogP contribution is -2.56. The molecule has 0 aromatic carbocycles. The summed E-state index contributed by atoms with van der Waals surface area (Å²) < 4.78 is 9.76. The van der Waals surface area contributed by atoms with Gasteiger partial charge in [-0.1, -0.05) is 31.8 Å². The topological polar surface area (TPSA) is 93.1 Å². The monoisotopic (exact) mass is 454 g/mol. The van der Waals surface area contributed by atoms with Gasteiger partial charge in [-0.15, -0.1) is 0 Å². The molecule has 3 fully saturated rings. The highest BCUT2D eigenvalue weighted by atomic mass is 16.5. The molecule has 33 heavy (non-hydrogen) atoms. The van der Waals surface area contributed by atoms with E-state index < -0.39 is 18.0 Å². The van der Waals surface area contributed by atoms with E-state index in [0.717, 1.165) is 44.1 Å². The molecule has 0 spiro atoms. The minimum Gasteiger partial charge on any atom is -0.393 e. The normalized spacial score (nSPS) is 43.2. The van der Waals surface area contributed by atoms with Crippen LogP contribution in [0.1, 0.15) is 66.2 Å². The van der Waals surface area contributed by atoms with Gasteiger partial charge < -0.3 is 19.7 Å². The Balaban J connectivity index is 1.72. The maximum Gasteiger partial charge on any atom is 0.316 e. The number of fused-ring (bicyclic) bond motifs is 5. The second kappa shape index (κ2) is 8.82. The van der Waals surface area contributed by atoms with Crippen LogP contribution in [0.25, 0.3) is 0 Å². The van der Waals surface area contributed by atoms with Crippen molar-refractivity contribution in [1.82, 2.24) is 0 Å². The van der Waals surface area contributed by atoms with E-state index in [4.69, 9.17) is 9.47 Å². The fourth-order valence-electron chi connectivity index (χ4n) is 7.39. The first-order valence-corrected chi connectivity index (χ1v) is 12.0. The number of hydrogen-bond acceptors (Lipinski definition) is 6. The minimum absolute atomic E-state index is 0.111. The summed E-state index contributed by atoms with van der Waals surface area (Å²) in [5, 5.41) is 22.1. The molecule has 4 aliphatic rings. The lowest BCUT2D eigenvalue weighted by atomic mass is 9.45. The second-order valence-corrected chi connectivity index (χ2v) is 10.8. The number of carbonyl (C=O) groups excluding carboxylic acids is 2. The quantitative estimate of drug-likeness (QED) is 0.332. The van der Waals surface area contributed by atoms with Gasteiger partial charge in [-0.05, 0) is 72.7 Å². The van der Waals surface area contributed by atoms with Gasteiger partial charge in [0.05, 0.1) is 18.1 Å². The lowest BCUT2D eigenvalue weighted by molar-refractivity contribution is -0.135. The van der Waals surface area contributed by atoms with Crippen molar-refractivity contribution < 1.29 is 29.3 Å². The standard InChI is InChI=1S/C27H34O6/c1-16(28)32-13-9-18-7-11-26(3)21-8-12-27(4)20(5-6-24(27)31)25(21)23(30)15-22(26)19(18)10-14-33-17(2)29/h15,18-21,23-25,30-31H,5-8,11-12H2,1-4H3/t18?,19?,20-,21+,23?,24?,25-,26+,27-/m0/s1. The van der Waals surface area contributed by atoms with Gasteiger partial charge in [0, 0.05) is 19.8 Å². The fourth-order valence-corrected chi connectivity index (χ4v) is 7.39. The van der Waals surface area contributed by atoms with E-state index in [1.54, 1.807) is 0 Å². The van der Waals surface area contributed by atoms with Crippen LogP contribution in [0.3, 0.4) is 0 Å². The van der Waals surface area contributed by atoms with Crippen molar-refractivity contribution in [2.24, 2.45) is 40.4 Å². The molecule has 6 heteroatoms. The molecule has 6 nitrogen and oxygen atoms in total. The van der Waals surface area contributed by atoms with Crippen molar-refractivity contribution in [3.63, 3.8) is 0 Å². The zero-order chi connectivity index (χ0) is 24.0. The van der Waals surface area contributed by atoms with Gasteiger partial charge in [-0.25, -0.2) is 0 Å². The van der Waals surface area contributed by atoms with Gasteiger partial charge in [0.15, 0.2) is 0 Å². The number of rotatable bonds is 0. The van der Waals surface area contributed by atoms with Gasteiger partial charge in [0.2, 0.25) is 0 Å². The van der Waals surface area contributed by atoms with E-state index in [1.165, 1.54) is 13.8 Å². The molecule has 3 saturated carbocycles. The molecule has 0 heterocycles. The van der Waals surface area contributed by atoms with Crippen LogP contribution in [0.15, 0.2) is 11.6 Å². The molecule has 0 saturated heterocycles. The molecular formula is C27H34O6. The van der Waals surface area contributed by atoms with Crippen LogP contribution >= 0.6 is 0 Å². The first kappa shape index (κ1) is 23.9. The average molecular weight is 455 g/mol. The van der Waals surface area contributed by atoms with E-state index >= 15 is 0 Å². The number of hydrogen-bond donors (Lipinski definition) is 2. The highest BCUT2D eigenvalue weighted by Crippen LogP contribution is 2.65. The van der Waals surface area contributed by atoms with Crippen LogP contribution < -0.4 is 0 Å². The number of esters is 2. The molecule has 0 amide bonds. The molecule has 0 radical (unpaired) electrons. The summed E-state index contributed by atoms with van der Waals surface area (Å²) in [6.07, 6.45) is 11.4. The summed E-state index contributed by atoms with van der Waals surface area (Å²) in [7, 11) is 0. The van der Waals surface area contributed by atoms with Crippen molar-refractivity contribution in [3.05, 3.63) is 11.6 Å². The van der Waals surface area contributed by atoms with E-state index in [1.807, 2.05) is 6.08 Å². The molecule has 0 aliphatic heterocycles. The summed E-state index contributed by atoms with van der Waals surface area (Å²) in [5.41, 5.74) is 0.755. The van der Waals surface area contributed by atoms with Crippen LogP contribution in [0.4, 0.5) is 0 Å². The van der Waals surface area contributed by atoms with Gasteiger partial charge >= 0.3 is 11.9 Å². The van der Waals surface area contributed by atoms with Gasteiger partial charge in [0.1, 0.15) is 12.2 Å². The van der Waals surface area contributed by atoms with Crippen molar-refractivity contribution in [1.29, 1.82) is 0 Å². The summed E-state index contributed by atoms with van der Waals surface area (Å²) in [6, 6.07) is 0. The van der Waals surface area contributed by atoms with Gasteiger partial charge in [-0.3, -0.25) is 9.59 Å². The molecule has 2 N–H and O–H groups in total. The molecule has 4 rings (SSSR count). The van der Waals surface area contributed by atoms with Crippen molar-refractivity contribution in [3.8, 4) is 24.1 Å². The summed E-state index contributed by atoms with van der Waals surface area (Å²) in [4.78, 5) is 22.4. The number of aliphatic hydroxyl groups excluding tert-OH is 2. The molecule has 4 unspecified atom stereocenters. The summed E-state index contributed by atoms with van der Waals surface area (Å²) >= 11 is 0. The number of allylic oxidation sites excluding steroid dienone is 1. The SMILES string of the molecule is CC(=O)OC#CC1CC[C@@]2(C)C(=CC(O)[C@@H]3[C@H]2CC[C@]2(C)C(O)CC[C@@H]32)C1C#COC(C)=O. The smallest absolute Gasteiger partial charge is 0.316 e. The van der Waals surface area contributed by atoms with Crippen LogP contribution in [0, 0.1) is 64.5 Å². The molecule has 178 valence electrons. The maximum absolute atomic E-state index is 11.4. The number of ether oxygens (including phenoxy) is 2. The molecular weight excluding hydrogens is 420 g/mol. The fraction of sp³-hybridized carbons (Fsp3) is 0.704. The largest absolute Gasteiger partial charge is 0.393 e. The number of aliphatic hydroxyl groups is 2. The zero-order valence-electron chi connectivity index (χ0n) is 19.9. The van der Waals surface area contributed by atoms with Crippen molar-refractivity contribution >= 4 is 11.9 Å². The van der Waals surface area contributed by atoms with E-state index in [0.29, 0.717) is 5.92 Å². The third-order valence-corrected chi connectivity index (χ3v) is 9.07. The Kier molecular flexibility index (Phi) is 6.38. The molecule has 0 aromatic heterocycles. The predicted molar refractivity (Wildman–Crippen MR) is 121 cm³/mol. The summed E-state index contributed by atoms with van der Waals surface area (Å²) in [6.45, 7) is 7.07. The first-order valence-electron chi connectivity index (χ1n) is 12.0. The average Bonchev–Trinajstić information content (AvgIpc) is 3.04. The van der Waals surface area contributed by atoms with E-state index in [-0.39, 0.29) is 40.6 Å². The third-order valence-electron chi connectivity index (χ3n) is 9.07. The van der Waals surface area contributed by atoms with Gasteiger partial charge in [0.25, 0.3) is 0 Å². The van der Waals surface area contributed by atoms with Gasteiger partial charge in [-0.2, -0.15) is 0 Å². The third kappa shape index (κ3) is 4.09. The Labute approximate surface area is 196 Å². The van der Waals surface area contributed by atoms with Crippen LogP contribution in [-0.4, -0.2) is 34.4 Å². The van der Waals surface area contributed by atoms with Crippen molar-refractivity contribution in [2.45, 2.75) is 78.4 Å². The Hall–Kier alpha value is -2.28. The number of carbonyl (C=O) groups is 2. The highest BCUT2D eigenvalue weighted by molar-refractivity contribution is 5.67. The van der Waals surface area contributed by atoms with E-state index in [2.05, 4.69) is 37.9 Å². The Morgan fingerprint density at radius 2 is 1.61 bits per heavy atom. The second-order valence-electron chi connectivity index (χ2n) is 10.8. The van der Waals surface area contributed by atoms with E-state index in [9.17, 15) is 19.8 Å². The van der Waals surface area contributed by atoms with Crippen LogP contribution in [0.2, 0.25) is 0 Å². The highest BCUT2D eigenvalue weighted by Gasteiger charge is 2.61. The maximum atomic E-state index is 11.4. The van der Waals surface area contributed by atoms with Crippen LogP contribution in [0.5, 0.6) is 0 Å². The van der Waals surface area contributed by atoms with Crippen molar-refractivity contribution in [2.75, 3.05) is 0 Å². The Bertz CT molecular complexity index is 976. The lowest BCUT2D eigenvalue weighted by Gasteiger charge is -2.59. The minimum atomic E-state index is -0.619. The Morgan fingerprint density at radius 3 is 2.27 bits per heavy atom. The van der Waals surface area contributed by atoms with Crippen LogP contribution in [-0.2, 0) is 19.1 Å². The first-order chi connectivity index (χ1) is 15.6. The zero-order valence-corrected chi connectivity index (χ0v) is 19.9.